The Morgan fingerprint density at radius 1 is 1.13 bits per heavy atom. The average Bonchev–Trinajstić information content (AvgIpc) is 3.07. The van der Waals surface area contributed by atoms with E-state index in [1.807, 2.05) is 30.3 Å². The van der Waals surface area contributed by atoms with Crippen molar-refractivity contribution < 1.29 is 24.1 Å². The maximum Gasteiger partial charge on any atom is 0.308 e. The minimum atomic E-state index is -1.00. The average molecular weight is 426 g/mol. The van der Waals surface area contributed by atoms with Crippen molar-refractivity contribution in [2.45, 2.75) is 44.9 Å². The van der Waals surface area contributed by atoms with Crippen molar-refractivity contribution in [1.82, 2.24) is 4.57 Å². The normalized spacial score (nSPS) is 13.8. The maximum atomic E-state index is 13.5. The Morgan fingerprint density at radius 2 is 1.81 bits per heavy atom. The number of benzene rings is 2. The smallest absolute Gasteiger partial charge is 0.308 e. The van der Waals surface area contributed by atoms with E-state index in [0.29, 0.717) is 0 Å². The third-order valence-electron chi connectivity index (χ3n) is 5.22. The predicted molar refractivity (Wildman–Crippen MR) is 120 cm³/mol. The topological polar surface area (TPSA) is 71.7 Å². The minimum Gasteiger partial charge on any atom is -0.469 e. The van der Waals surface area contributed by atoms with Crippen molar-refractivity contribution in [3.8, 4) is 11.1 Å². The zero-order valence-corrected chi connectivity index (χ0v) is 18.0. The van der Waals surface area contributed by atoms with Gasteiger partial charge in [-0.05, 0) is 43.7 Å². The molecule has 0 aliphatic carbocycles. The molecule has 3 aromatic rings. The van der Waals surface area contributed by atoms with Gasteiger partial charge >= 0.3 is 5.97 Å². The van der Waals surface area contributed by atoms with E-state index in [2.05, 4.69) is 23.2 Å². The number of rotatable bonds is 8. The number of para-hydroxylation sites is 1. The Morgan fingerprint density at radius 3 is 2.45 bits per heavy atom. The van der Waals surface area contributed by atoms with Gasteiger partial charge in [-0.3, -0.25) is 4.79 Å². The second-order valence-corrected chi connectivity index (χ2v) is 7.84. The molecule has 0 radical (unpaired) electrons. The Balaban J connectivity index is 2.03. The number of aromatic nitrogens is 1. The van der Waals surface area contributed by atoms with Crippen molar-refractivity contribution in [2.24, 2.45) is 0 Å². The molecule has 0 aliphatic rings. The van der Waals surface area contributed by atoms with Crippen LogP contribution in [0, 0.1) is 5.82 Å². The molecule has 0 unspecified atom stereocenters. The van der Waals surface area contributed by atoms with Crippen molar-refractivity contribution in [2.75, 3.05) is 7.11 Å². The molecule has 3 rings (SSSR count). The molecule has 2 aromatic carbocycles. The van der Waals surface area contributed by atoms with Crippen molar-refractivity contribution in [3.63, 3.8) is 0 Å². The van der Waals surface area contributed by atoms with E-state index in [1.54, 1.807) is 18.2 Å². The number of hydrogen-bond donors (Lipinski definition) is 2. The number of ether oxygens (including phenoxy) is 1. The molecule has 0 bridgehead atoms. The summed E-state index contributed by atoms with van der Waals surface area (Å²) in [5, 5.41) is 21.4. The van der Waals surface area contributed by atoms with Gasteiger partial charge in [0, 0.05) is 34.6 Å². The molecule has 1 heterocycles. The maximum absolute atomic E-state index is 13.5. The second kappa shape index (κ2) is 9.90. The lowest BCUT2D eigenvalue weighted by Gasteiger charge is -2.15. The quantitative estimate of drug-likeness (QED) is 0.513. The van der Waals surface area contributed by atoms with Crippen LogP contribution in [0.2, 0.25) is 0 Å². The van der Waals surface area contributed by atoms with Gasteiger partial charge in [0.05, 0.1) is 25.7 Å². The lowest BCUT2D eigenvalue weighted by molar-refractivity contribution is -0.143. The highest BCUT2D eigenvalue weighted by molar-refractivity contribution is 6.01. The fourth-order valence-electron chi connectivity index (χ4n) is 3.84. The van der Waals surface area contributed by atoms with Crippen LogP contribution in [-0.4, -0.2) is 40.1 Å². The molecule has 0 saturated carbocycles. The molecule has 6 heteroatoms. The predicted octanol–water partition coefficient (Wildman–Crippen LogP) is 4.72. The summed E-state index contributed by atoms with van der Waals surface area (Å²) in [6.07, 6.45) is 1.34. The molecule has 5 nitrogen and oxygen atoms in total. The number of carbonyl (C=O) groups is 1. The van der Waals surface area contributed by atoms with Crippen LogP contribution in [0.15, 0.2) is 54.6 Å². The van der Waals surface area contributed by atoms with Crippen LogP contribution in [0.5, 0.6) is 0 Å². The molecule has 2 N–H and O–H groups in total. The first-order valence-corrected chi connectivity index (χ1v) is 10.3. The Hall–Kier alpha value is -2.96. The number of fused-ring (bicyclic) bond motifs is 1. The summed E-state index contributed by atoms with van der Waals surface area (Å²) in [6, 6.07) is 14.5. The summed E-state index contributed by atoms with van der Waals surface area (Å²) in [5.74, 6) is -0.828. The first-order chi connectivity index (χ1) is 14.8. The molecule has 0 amide bonds. The van der Waals surface area contributed by atoms with Crippen LogP contribution in [0.25, 0.3) is 28.1 Å². The molecule has 0 spiro atoms. The van der Waals surface area contributed by atoms with Gasteiger partial charge in [0.25, 0.3) is 0 Å². The molecule has 1 aromatic heterocycles. The van der Waals surface area contributed by atoms with E-state index in [1.165, 1.54) is 19.2 Å². The monoisotopic (exact) mass is 425 g/mol. The lowest BCUT2D eigenvalue weighted by atomic mass is 10.0. The van der Waals surface area contributed by atoms with Crippen LogP contribution >= 0.6 is 0 Å². The number of aliphatic hydroxyl groups excluding tert-OH is 2. The Kier molecular flexibility index (Phi) is 7.25. The van der Waals surface area contributed by atoms with Gasteiger partial charge in [0.1, 0.15) is 5.82 Å². The van der Waals surface area contributed by atoms with Gasteiger partial charge in [-0.2, -0.15) is 0 Å². The fourth-order valence-corrected chi connectivity index (χ4v) is 3.84. The number of nitrogens with zero attached hydrogens (tertiary/aromatic N) is 1. The minimum absolute atomic E-state index is 0.0133. The molecule has 0 saturated heterocycles. The van der Waals surface area contributed by atoms with Gasteiger partial charge in [-0.1, -0.05) is 36.4 Å². The summed E-state index contributed by atoms with van der Waals surface area (Å²) in [4.78, 5) is 11.3. The number of halogens is 1. The van der Waals surface area contributed by atoms with Crippen LogP contribution in [0.3, 0.4) is 0 Å². The van der Waals surface area contributed by atoms with Crippen LogP contribution in [-0.2, 0) is 9.53 Å². The number of carbonyl (C=O) groups excluding carboxylic acids is 1. The second-order valence-electron chi connectivity index (χ2n) is 7.84. The van der Waals surface area contributed by atoms with Gasteiger partial charge in [0.15, 0.2) is 0 Å². The number of hydrogen-bond acceptors (Lipinski definition) is 4. The van der Waals surface area contributed by atoms with E-state index in [-0.39, 0.29) is 24.7 Å². The van der Waals surface area contributed by atoms with Crippen LogP contribution in [0.4, 0.5) is 4.39 Å². The highest BCUT2D eigenvalue weighted by Gasteiger charge is 2.19. The van der Waals surface area contributed by atoms with E-state index < -0.39 is 18.2 Å². The zero-order valence-electron chi connectivity index (χ0n) is 18.0. The fraction of sp³-hybridized carbons (Fsp3) is 0.320. The number of methoxy groups -OCH3 is 1. The van der Waals surface area contributed by atoms with Crippen molar-refractivity contribution >= 4 is 22.9 Å². The molecule has 0 fully saturated rings. The van der Waals surface area contributed by atoms with E-state index in [4.69, 9.17) is 0 Å². The number of esters is 1. The third kappa shape index (κ3) is 5.21. The first-order valence-electron chi connectivity index (χ1n) is 10.3. The summed E-state index contributed by atoms with van der Waals surface area (Å²) in [5.41, 5.74) is 3.74. The van der Waals surface area contributed by atoms with Crippen LogP contribution in [0.1, 0.15) is 38.4 Å². The van der Waals surface area contributed by atoms with Gasteiger partial charge in [0.2, 0.25) is 0 Å². The molecular weight excluding hydrogens is 397 g/mol. The van der Waals surface area contributed by atoms with E-state index >= 15 is 0 Å². The third-order valence-corrected chi connectivity index (χ3v) is 5.22. The summed E-state index contributed by atoms with van der Waals surface area (Å²) in [7, 11) is 1.26. The lowest BCUT2D eigenvalue weighted by Crippen LogP contribution is -2.20. The summed E-state index contributed by atoms with van der Waals surface area (Å²) in [6.45, 7) is 4.16. The zero-order chi connectivity index (χ0) is 22.5. The largest absolute Gasteiger partial charge is 0.469 e. The van der Waals surface area contributed by atoms with Crippen molar-refractivity contribution in [3.05, 3.63) is 66.1 Å². The Bertz CT molecular complexity index is 1070. The molecule has 0 aliphatic heterocycles. The molecule has 164 valence electrons. The molecule has 31 heavy (non-hydrogen) atoms. The van der Waals surface area contributed by atoms with Gasteiger partial charge in [-0.25, -0.2) is 4.39 Å². The SMILES string of the molecule is COC(=O)C[C@H](O)C[C@H](O)C=Cc1c(-c2ccc(F)cc2)c2ccccc2n1C(C)C. The van der Waals surface area contributed by atoms with Gasteiger partial charge < -0.3 is 19.5 Å². The summed E-state index contributed by atoms with van der Waals surface area (Å²) < 4.78 is 20.3. The van der Waals surface area contributed by atoms with Gasteiger partial charge in [-0.15, -0.1) is 0 Å². The van der Waals surface area contributed by atoms with E-state index in [9.17, 15) is 19.4 Å². The molecule has 2 atom stereocenters. The number of aliphatic hydroxyl groups is 2. The van der Waals surface area contributed by atoms with E-state index in [0.717, 1.165) is 27.7 Å². The Labute approximate surface area is 181 Å². The standard InChI is InChI=1S/C25H28FNO4/c1-16(2)27-22-7-5-4-6-21(22)25(17-8-10-18(26)11-9-17)23(27)13-12-19(28)14-20(29)15-24(30)31-3/h4-13,16,19-20,28-29H,14-15H2,1-3H3/t19-,20-/m1/s1. The highest BCUT2D eigenvalue weighted by Crippen LogP contribution is 2.38. The summed E-state index contributed by atoms with van der Waals surface area (Å²) >= 11 is 0. The first kappa shape index (κ1) is 22.7. The molecular formula is C25H28FNO4. The van der Waals surface area contributed by atoms with Crippen molar-refractivity contribution in [1.29, 1.82) is 0 Å². The van der Waals surface area contributed by atoms with Crippen LogP contribution < -0.4 is 0 Å². The highest BCUT2D eigenvalue weighted by atomic mass is 19.1.